The summed E-state index contributed by atoms with van der Waals surface area (Å²) in [6.45, 7) is 4.43. The normalized spacial score (nSPS) is 26.3. The van der Waals surface area contributed by atoms with Gasteiger partial charge >= 0.3 is 23.9 Å². The van der Waals surface area contributed by atoms with Gasteiger partial charge in [-0.1, -0.05) is 0 Å². The summed E-state index contributed by atoms with van der Waals surface area (Å²) >= 11 is 0. The van der Waals surface area contributed by atoms with E-state index in [-0.39, 0.29) is 13.2 Å². The van der Waals surface area contributed by atoms with Crippen LogP contribution in [-0.2, 0) is 42.9 Å². The van der Waals surface area contributed by atoms with Crippen LogP contribution in [0.5, 0.6) is 0 Å². The lowest BCUT2D eigenvalue weighted by atomic mass is 10.1. The van der Waals surface area contributed by atoms with Crippen LogP contribution in [0.4, 0.5) is 0 Å². The first-order valence-corrected chi connectivity index (χ1v) is 6.97. The van der Waals surface area contributed by atoms with Crippen molar-refractivity contribution in [2.24, 2.45) is 0 Å². The first-order valence-electron chi connectivity index (χ1n) is 6.97. The van der Waals surface area contributed by atoms with E-state index in [9.17, 15) is 19.2 Å². The molecule has 130 valence electrons. The summed E-state index contributed by atoms with van der Waals surface area (Å²) in [6, 6.07) is 0. The standard InChI is InChI=1S/C14H20O9/c1-7(15)19-5-11-13(21-9(3)17)14(22-10(4)18)12(23-11)6-20-8(2)16/h11-14H,5-6H2,1-4H3/t11-,12-,13-,14-/m1/s1. The van der Waals surface area contributed by atoms with E-state index in [4.69, 9.17) is 23.7 Å². The molecule has 1 fully saturated rings. The summed E-state index contributed by atoms with van der Waals surface area (Å²) in [7, 11) is 0. The van der Waals surface area contributed by atoms with Crippen LogP contribution in [0.25, 0.3) is 0 Å². The molecule has 0 N–H and O–H groups in total. The number of hydrogen-bond acceptors (Lipinski definition) is 9. The summed E-state index contributed by atoms with van der Waals surface area (Å²) in [5.41, 5.74) is 0. The van der Waals surface area contributed by atoms with Gasteiger partial charge in [-0.3, -0.25) is 19.2 Å². The highest BCUT2D eigenvalue weighted by atomic mass is 16.7. The fourth-order valence-electron chi connectivity index (χ4n) is 2.14. The van der Waals surface area contributed by atoms with Crippen LogP contribution in [0.1, 0.15) is 27.7 Å². The van der Waals surface area contributed by atoms with Crippen LogP contribution in [0.2, 0.25) is 0 Å². The molecule has 0 aromatic carbocycles. The molecule has 9 heteroatoms. The Morgan fingerprint density at radius 3 is 1.30 bits per heavy atom. The van der Waals surface area contributed by atoms with E-state index in [1.54, 1.807) is 0 Å². The van der Waals surface area contributed by atoms with E-state index < -0.39 is 48.3 Å². The van der Waals surface area contributed by atoms with Crippen molar-refractivity contribution in [2.45, 2.75) is 52.1 Å². The highest BCUT2D eigenvalue weighted by Gasteiger charge is 2.49. The number of ether oxygens (including phenoxy) is 5. The SMILES string of the molecule is CC(=O)OC[C@H]1O[C@H](COC(C)=O)[C@@H](OC(C)=O)[C@@H]1OC(C)=O. The molecule has 0 unspecified atom stereocenters. The molecule has 0 aromatic heterocycles. The van der Waals surface area contributed by atoms with Crippen molar-refractivity contribution < 1.29 is 42.9 Å². The Hall–Kier alpha value is -2.16. The molecule has 0 amide bonds. The summed E-state index contributed by atoms with van der Waals surface area (Å²) < 4.78 is 25.6. The van der Waals surface area contributed by atoms with Crippen molar-refractivity contribution >= 4 is 23.9 Å². The molecule has 1 saturated heterocycles. The minimum absolute atomic E-state index is 0.193. The molecule has 1 heterocycles. The molecule has 0 saturated carbocycles. The van der Waals surface area contributed by atoms with Crippen LogP contribution >= 0.6 is 0 Å². The minimum Gasteiger partial charge on any atom is -0.463 e. The number of carbonyl (C=O) groups excluding carboxylic acids is 4. The van der Waals surface area contributed by atoms with Crippen molar-refractivity contribution in [3.05, 3.63) is 0 Å². The fourth-order valence-corrected chi connectivity index (χ4v) is 2.14. The average Bonchev–Trinajstić information content (AvgIpc) is 2.71. The second kappa shape index (κ2) is 8.47. The molecule has 1 aliphatic heterocycles. The molecule has 0 aliphatic carbocycles. The molecule has 4 atom stereocenters. The zero-order valence-electron chi connectivity index (χ0n) is 13.4. The van der Waals surface area contributed by atoms with Gasteiger partial charge in [-0.2, -0.15) is 0 Å². The first-order chi connectivity index (χ1) is 10.7. The first kappa shape index (κ1) is 18.9. The van der Waals surface area contributed by atoms with Gasteiger partial charge in [0, 0.05) is 27.7 Å². The Labute approximate surface area is 133 Å². The third-order valence-corrected chi connectivity index (χ3v) is 2.91. The molecule has 1 rings (SSSR count). The quantitative estimate of drug-likeness (QED) is 0.479. The van der Waals surface area contributed by atoms with Crippen molar-refractivity contribution in [3.8, 4) is 0 Å². The Balaban J connectivity index is 2.91. The Bertz CT molecular complexity index is 431. The third-order valence-electron chi connectivity index (χ3n) is 2.91. The van der Waals surface area contributed by atoms with Gasteiger partial charge in [-0.25, -0.2) is 0 Å². The number of esters is 4. The second-order valence-electron chi connectivity index (χ2n) is 4.97. The van der Waals surface area contributed by atoms with Gasteiger partial charge in [0.2, 0.25) is 0 Å². The van der Waals surface area contributed by atoms with Gasteiger partial charge in [0.25, 0.3) is 0 Å². The average molecular weight is 332 g/mol. The third kappa shape index (κ3) is 6.23. The molecule has 1 aliphatic rings. The van der Waals surface area contributed by atoms with Crippen LogP contribution in [0.3, 0.4) is 0 Å². The molecule has 23 heavy (non-hydrogen) atoms. The van der Waals surface area contributed by atoms with E-state index in [1.807, 2.05) is 0 Å². The predicted octanol–water partition coefficient (Wildman–Crippen LogP) is -0.257. The smallest absolute Gasteiger partial charge is 0.303 e. The fraction of sp³-hybridized carbons (Fsp3) is 0.714. The maximum Gasteiger partial charge on any atom is 0.303 e. The van der Waals surface area contributed by atoms with E-state index in [2.05, 4.69) is 0 Å². The molecule has 9 nitrogen and oxygen atoms in total. The van der Waals surface area contributed by atoms with Crippen LogP contribution in [-0.4, -0.2) is 61.5 Å². The van der Waals surface area contributed by atoms with Gasteiger partial charge in [-0.15, -0.1) is 0 Å². The van der Waals surface area contributed by atoms with Crippen LogP contribution in [0, 0.1) is 0 Å². The van der Waals surface area contributed by atoms with Gasteiger partial charge < -0.3 is 23.7 Å². The summed E-state index contributed by atoms with van der Waals surface area (Å²) in [5.74, 6) is -2.31. The number of carbonyl (C=O) groups is 4. The maximum absolute atomic E-state index is 11.3. The minimum atomic E-state index is -0.976. The number of hydrogen-bond donors (Lipinski definition) is 0. The van der Waals surface area contributed by atoms with Crippen molar-refractivity contribution in [2.75, 3.05) is 13.2 Å². The lowest BCUT2D eigenvalue weighted by Gasteiger charge is -2.23. The molecule has 0 radical (unpaired) electrons. The molecular weight excluding hydrogens is 312 g/mol. The zero-order chi connectivity index (χ0) is 17.6. The van der Waals surface area contributed by atoms with Gasteiger partial charge in [0.15, 0.2) is 12.2 Å². The summed E-state index contributed by atoms with van der Waals surface area (Å²) in [5, 5.41) is 0. The lowest BCUT2D eigenvalue weighted by molar-refractivity contribution is -0.166. The Kier molecular flexibility index (Phi) is 6.95. The van der Waals surface area contributed by atoms with Crippen molar-refractivity contribution in [3.63, 3.8) is 0 Å². The predicted molar refractivity (Wildman–Crippen MR) is 73.0 cm³/mol. The van der Waals surface area contributed by atoms with Crippen LogP contribution < -0.4 is 0 Å². The van der Waals surface area contributed by atoms with Crippen LogP contribution in [0.15, 0.2) is 0 Å². The highest BCUT2D eigenvalue weighted by Crippen LogP contribution is 2.28. The monoisotopic (exact) mass is 332 g/mol. The highest BCUT2D eigenvalue weighted by molar-refractivity contribution is 5.68. The Morgan fingerprint density at radius 2 is 1.04 bits per heavy atom. The van der Waals surface area contributed by atoms with Gasteiger partial charge in [-0.05, 0) is 0 Å². The topological polar surface area (TPSA) is 114 Å². The molecule has 0 aromatic rings. The lowest BCUT2D eigenvalue weighted by Crippen LogP contribution is -2.42. The second-order valence-corrected chi connectivity index (χ2v) is 4.97. The molecule has 0 bridgehead atoms. The van der Waals surface area contributed by atoms with Crippen molar-refractivity contribution in [1.29, 1.82) is 0 Å². The van der Waals surface area contributed by atoms with E-state index in [0.717, 1.165) is 0 Å². The van der Waals surface area contributed by atoms with E-state index in [1.165, 1.54) is 27.7 Å². The summed E-state index contributed by atoms with van der Waals surface area (Å²) in [4.78, 5) is 44.4. The molecular formula is C14H20O9. The summed E-state index contributed by atoms with van der Waals surface area (Å²) in [6.07, 6.45) is -3.63. The maximum atomic E-state index is 11.3. The Morgan fingerprint density at radius 1 is 0.696 bits per heavy atom. The van der Waals surface area contributed by atoms with Gasteiger partial charge in [0.1, 0.15) is 25.4 Å². The van der Waals surface area contributed by atoms with E-state index >= 15 is 0 Å². The largest absolute Gasteiger partial charge is 0.463 e. The van der Waals surface area contributed by atoms with Gasteiger partial charge in [0.05, 0.1) is 0 Å². The molecule has 0 spiro atoms. The number of rotatable bonds is 6. The van der Waals surface area contributed by atoms with E-state index in [0.29, 0.717) is 0 Å². The zero-order valence-corrected chi connectivity index (χ0v) is 13.4. The van der Waals surface area contributed by atoms with Crippen molar-refractivity contribution in [1.82, 2.24) is 0 Å².